The molecule has 0 bridgehead atoms. The van der Waals surface area contributed by atoms with Crippen LogP contribution in [0.4, 0.5) is 5.69 Å². The minimum atomic E-state index is 0.566. The normalized spacial score (nSPS) is 23.1. The summed E-state index contributed by atoms with van der Waals surface area (Å²) >= 11 is 0. The summed E-state index contributed by atoms with van der Waals surface area (Å²) in [6.45, 7) is 2.28. The van der Waals surface area contributed by atoms with E-state index in [0.717, 1.165) is 17.4 Å². The molecule has 1 saturated carbocycles. The second-order valence-electron chi connectivity index (χ2n) is 4.63. The molecule has 2 aromatic rings. The lowest BCUT2D eigenvalue weighted by Gasteiger charge is -2.34. The van der Waals surface area contributed by atoms with Gasteiger partial charge < -0.3 is 5.32 Å². The van der Waals surface area contributed by atoms with E-state index in [0.29, 0.717) is 6.04 Å². The Kier molecular flexibility index (Phi) is 2.51. The fourth-order valence-electron chi connectivity index (χ4n) is 2.25. The van der Waals surface area contributed by atoms with Gasteiger partial charge in [-0.3, -0.25) is 0 Å². The van der Waals surface area contributed by atoms with Gasteiger partial charge in [-0.25, -0.2) is 14.6 Å². The van der Waals surface area contributed by atoms with E-state index in [4.69, 9.17) is 0 Å². The molecule has 5 nitrogen and oxygen atoms in total. The van der Waals surface area contributed by atoms with Crippen molar-refractivity contribution >= 4 is 5.69 Å². The molecular formula is C12H15N5. The minimum Gasteiger partial charge on any atom is -0.379 e. The van der Waals surface area contributed by atoms with Gasteiger partial charge in [-0.15, -0.1) is 0 Å². The van der Waals surface area contributed by atoms with Crippen LogP contribution in [0.15, 0.2) is 31.0 Å². The van der Waals surface area contributed by atoms with E-state index in [1.807, 2.05) is 12.1 Å². The topological polar surface area (TPSA) is 55.6 Å². The summed E-state index contributed by atoms with van der Waals surface area (Å²) in [6, 6.07) is 4.54. The van der Waals surface area contributed by atoms with Crippen LogP contribution in [-0.2, 0) is 0 Å². The first-order chi connectivity index (χ1) is 8.33. The number of hydrogen-bond donors (Lipinski definition) is 1. The molecule has 0 unspecified atom stereocenters. The molecule has 1 aliphatic rings. The van der Waals surface area contributed by atoms with Crippen LogP contribution in [0.25, 0.3) is 5.82 Å². The third-order valence-electron chi connectivity index (χ3n) is 3.16. The van der Waals surface area contributed by atoms with Crippen LogP contribution in [0.5, 0.6) is 0 Å². The van der Waals surface area contributed by atoms with E-state index in [2.05, 4.69) is 27.3 Å². The first-order valence-electron chi connectivity index (χ1n) is 5.89. The number of nitrogens with zero attached hydrogens (tertiary/aromatic N) is 4. The summed E-state index contributed by atoms with van der Waals surface area (Å²) in [6.07, 6.45) is 7.41. The van der Waals surface area contributed by atoms with Gasteiger partial charge in [0.05, 0.1) is 5.69 Å². The Hall–Kier alpha value is -1.91. The Balaban J connectivity index is 1.84. The molecule has 5 heteroatoms. The van der Waals surface area contributed by atoms with Crippen molar-refractivity contribution in [2.75, 3.05) is 5.32 Å². The molecule has 0 spiro atoms. The molecule has 0 aliphatic heterocycles. The third kappa shape index (κ3) is 2.00. The van der Waals surface area contributed by atoms with Crippen molar-refractivity contribution < 1.29 is 0 Å². The molecule has 0 atom stereocenters. The van der Waals surface area contributed by atoms with Gasteiger partial charge in [0.2, 0.25) is 0 Å². The van der Waals surface area contributed by atoms with Gasteiger partial charge >= 0.3 is 0 Å². The summed E-state index contributed by atoms with van der Waals surface area (Å²) in [7, 11) is 0. The van der Waals surface area contributed by atoms with Gasteiger partial charge in [-0.2, -0.15) is 5.10 Å². The largest absolute Gasteiger partial charge is 0.379 e. The second kappa shape index (κ2) is 4.16. The summed E-state index contributed by atoms with van der Waals surface area (Å²) < 4.78 is 1.68. The molecule has 0 radical (unpaired) electrons. The highest BCUT2D eigenvalue weighted by molar-refractivity contribution is 5.56. The average molecular weight is 229 g/mol. The lowest BCUT2D eigenvalue weighted by Crippen LogP contribution is -2.34. The van der Waals surface area contributed by atoms with Crippen LogP contribution in [0.1, 0.15) is 19.8 Å². The molecule has 17 heavy (non-hydrogen) atoms. The van der Waals surface area contributed by atoms with Crippen LogP contribution < -0.4 is 5.32 Å². The monoisotopic (exact) mass is 229 g/mol. The molecule has 1 N–H and O–H groups in total. The van der Waals surface area contributed by atoms with Gasteiger partial charge in [0, 0.05) is 12.2 Å². The van der Waals surface area contributed by atoms with Crippen LogP contribution in [-0.4, -0.2) is 25.8 Å². The Labute approximate surface area is 99.9 Å². The highest BCUT2D eigenvalue weighted by atomic mass is 15.3. The van der Waals surface area contributed by atoms with E-state index in [1.54, 1.807) is 17.2 Å². The lowest BCUT2D eigenvalue weighted by atomic mass is 9.82. The number of nitrogens with one attached hydrogen (secondary N) is 1. The van der Waals surface area contributed by atoms with Crippen LogP contribution in [0.3, 0.4) is 0 Å². The second-order valence-corrected chi connectivity index (χ2v) is 4.63. The molecule has 0 amide bonds. The predicted octanol–water partition coefficient (Wildman–Crippen LogP) is 1.87. The van der Waals surface area contributed by atoms with E-state index in [9.17, 15) is 0 Å². The molecule has 2 aromatic heterocycles. The maximum absolute atomic E-state index is 4.35. The fourth-order valence-corrected chi connectivity index (χ4v) is 2.25. The fraction of sp³-hybridized carbons (Fsp3) is 0.417. The summed E-state index contributed by atoms with van der Waals surface area (Å²) in [5.41, 5.74) is 1.02. The quantitative estimate of drug-likeness (QED) is 0.873. The highest BCUT2D eigenvalue weighted by Gasteiger charge is 2.25. The zero-order chi connectivity index (χ0) is 11.7. The summed E-state index contributed by atoms with van der Waals surface area (Å²) in [4.78, 5) is 8.30. The van der Waals surface area contributed by atoms with Crippen molar-refractivity contribution in [1.82, 2.24) is 19.7 Å². The van der Waals surface area contributed by atoms with Crippen molar-refractivity contribution in [2.45, 2.75) is 25.8 Å². The summed E-state index contributed by atoms with van der Waals surface area (Å²) in [5, 5.41) is 7.63. The number of rotatable bonds is 3. The van der Waals surface area contributed by atoms with Gasteiger partial charge in [-0.05, 0) is 30.9 Å². The third-order valence-corrected chi connectivity index (χ3v) is 3.16. The Bertz CT molecular complexity index is 487. The van der Waals surface area contributed by atoms with E-state index < -0.39 is 0 Å². The van der Waals surface area contributed by atoms with Gasteiger partial charge in [-0.1, -0.05) is 6.92 Å². The Morgan fingerprint density at radius 2 is 2.29 bits per heavy atom. The number of hydrogen-bond acceptors (Lipinski definition) is 4. The summed E-state index contributed by atoms with van der Waals surface area (Å²) in [5.74, 6) is 1.64. The highest BCUT2D eigenvalue weighted by Crippen LogP contribution is 2.30. The van der Waals surface area contributed by atoms with E-state index >= 15 is 0 Å². The van der Waals surface area contributed by atoms with Crippen molar-refractivity contribution in [3.8, 4) is 5.82 Å². The van der Waals surface area contributed by atoms with E-state index in [-0.39, 0.29) is 0 Å². The molecule has 3 rings (SSSR count). The maximum atomic E-state index is 4.35. The van der Waals surface area contributed by atoms with Crippen molar-refractivity contribution in [2.24, 2.45) is 5.92 Å². The maximum Gasteiger partial charge on any atom is 0.178 e. The number of anilines is 1. The zero-order valence-electron chi connectivity index (χ0n) is 9.74. The lowest BCUT2D eigenvalue weighted by molar-refractivity contribution is 0.309. The first-order valence-corrected chi connectivity index (χ1v) is 5.89. The van der Waals surface area contributed by atoms with Crippen LogP contribution in [0, 0.1) is 5.92 Å². The average Bonchev–Trinajstić information content (AvgIpc) is 2.81. The SMILES string of the molecule is CC1CC(Nc2cccnc2-n2cncn2)C1. The Morgan fingerprint density at radius 3 is 3.00 bits per heavy atom. The molecule has 0 aromatic carbocycles. The van der Waals surface area contributed by atoms with Crippen LogP contribution in [0.2, 0.25) is 0 Å². The molecule has 2 heterocycles. The molecular weight excluding hydrogens is 214 g/mol. The molecule has 88 valence electrons. The van der Waals surface area contributed by atoms with Gasteiger partial charge in [0.1, 0.15) is 12.7 Å². The predicted molar refractivity (Wildman–Crippen MR) is 65.0 cm³/mol. The van der Waals surface area contributed by atoms with Crippen molar-refractivity contribution in [3.63, 3.8) is 0 Å². The van der Waals surface area contributed by atoms with Gasteiger partial charge in [0.25, 0.3) is 0 Å². The zero-order valence-corrected chi connectivity index (χ0v) is 9.74. The Morgan fingerprint density at radius 1 is 1.41 bits per heavy atom. The van der Waals surface area contributed by atoms with Crippen molar-refractivity contribution in [3.05, 3.63) is 31.0 Å². The molecule has 0 saturated heterocycles. The van der Waals surface area contributed by atoms with Gasteiger partial charge in [0.15, 0.2) is 5.82 Å². The van der Waals surface area contributed by atoms with E-state index in [1.165, 1.54) is 19.2 Å². The molecule has 1 aliphatic carbocycles. The standard InChI is InChI=1S/C12H15N5/c1-9-5-10(6-9)16-11-3-2-4-14-12(11)17-8-13-7-15-17/h2-4,7-10,16H,5-6H2,1H3. The molecule has 1 fully saturated rings. The van der Waals surface area contributed by atoms with Crippen molar-refractivity contribution in [1.29, 1.82) is 0 Å². The first kappa shape index (κ1) is 10.3. The minimum absolute atomic E-state index is 0.566. The van der Waals surface area contributed by atoms with Crippen LogP contribution >= 0.6 is 0 Å². The number of aromatic nitrogens is 4. The smallest absolute Gasteiger partial charge is 0.178 e. The number of pyridine rings is 1.